The molecule has 0 saturated carbocycles. The number of rotatable bonds is 7. The van der Waals surface area contributed by atoms with Crippen LogP contribution in [0.4, 0.5) is 0 Å². The van der Waals surface area contributed by atoms with Crippen molar-refractivity contribution in [1.82, 2.24) is 5.43 Å². The van der Waals surface area contributed by atoms with E-state index >= 15 is 0 Å². The summed E-state index contributed by atoms with van der Waals surface area (Å²) < 4.78 is 16.4. The van der Waals surface area contributed by atoms with E-state index in [-0.39, 0.29) is 6.04 Å². The van der Waals surface area contributed by atoms with E-state index in [9.17, 15) is 0 Å². The second kappa shape index (κ2) is 6.75. The predicted molar refractivity (Wildman–Crippen MR) is 75.3 cm³/mol. The van der Waals surface area contributed by atoms with Crippen LogP contribution in [-0.2, 0) is 4.74 Å². The first-order chi connectivity index (χ1) is 9.00. The number of methoxy groups -OCH3 is 2. The largest absolute Gasteiger partial charge is 0.497 e. The van der Waals surface area contributed by atoms with Gasteiger partial charge < -0.3 is 14.2 Å². The number of nitrogens with two attached hydrogens (primary N) is 1. The van der Waals surface area contributed by atoms with E-state index in [0.717, 1.165) is 17.1 Å². The third-order valence-electron chi connectivity index (χ3n) is 3.13. The van der Waals surface area contributed by atoms with E-state index in [0.29, 0.717) is 6.61 Å². The lowest BCUT2D eigenvalue weighted by Gasteiger charge is -2.34. The summed E-state index contributed by atoms with van der Waals surface area (Å²) in [5.41, 5.74) is 3.29. The summed E-state index contributed by atoms with van der Waals surface area (Å²) in [6.45, 7) is 6.56. The standard InChI is InChI=1S/C14H24N2O3/c1-6-19-14(2,3)13(16-15)11-8-7-10(17-4)9-12(11)18-5/h7-9,13,16H,6,15H2,1-5H3. The summed E-state index contributed by atoms with van der Waals surface area (Å²) >= 11 is 0. The van der Waals surface area contributed by atoms with Gasteiger partial charge in [-0.3, -0.25) is 5.84 Å². The van der Waals surface area contributed by atoms with Gasteiger partial charge in [0.25, 0.3) is 0 Å². The molecule has 0 aliphatic heterocycles. The fourth-order valence-electron chi connectivity index (χ4n) is 2.18. The molecule has 0 aliphatic carbocycles. The topological polar surface area (TPSA) is 65.7 Å². The Kier molecular flexibility index (Phi) is 5.60. The maximum Gasteiger partial charge on any atom is 0.127 e. The van der Waals surface area contributed by atoms with Gasteiger partial charge in [0.05, 0.1) is 25.9 Å². The van der Waals surface area contributed by atoms with Gasteiger partial charge in [0.1, 0.15) is 11.5 Å². The van der Waals surface area contributed by atoms with Crippen molar-refractivity contribution in [2.75, 3.05) is 20.8 Å². The molecule has 0 spiro atoms. The highest BCUT2D eigenvalue weighted by atomic mass is 16.5. The molecule has 0 saturated heterocycles. The Morgan fingerprint density at radius 2 is 1.95 bits per heavy atom. The molecule has 0 bridgehead atoms. The Morgan fingerprint density at radius 1 is 1.26 bits per heavy atom. The minimum absolute atomic E-state index is 0.187. The first kappa shape index (κ1) is 15.8. The van der Waals surface area contributed by atoms with Crippen molar-refractivity contribution in [2.24, 2.45) is 5.84 Å². The van der Waals surface area contributed by atoms with E-state index in [1.54, 1.807) is 14.2 Å². The van der Waals surface area contributed by atoms with Gasteiger partial charge in [-0.05, 0) is 32.9 Å². The van der Waals surface area contributed by atoms with Crippen LogP contribution < -0.4 is 20.7 Å². The van der Waals surface area contributed by atoms with E-state index in [1.165, 1.54) is 0 Å². The lowest BCUT2D eigenvalue weighted by molar-refractivity contribution is -0.0397. The van der Waals surface area contributed by atoms with Gasteiger partial charge in [0.15, 0.2) is 0 Å². The smallest absolute Gasteiger partial charge is 0.127 e. The molecule has 0 fully saturated rings. The van der Waals surface area contributed by atoms with Crippen LogP contribution in [0.5, 0.6) is 11.5 Å². The normalized spacial score (nSPS) is 13.2. The Morgan fingerprint density at radius 3 is 2.42 bits per heavy atom. The minimum atomic E-state index is -0.453. The van der Waals surface area contributed by atoms with Crippen LogP contribution in [0, 0.1) is 0 Å². The number of nitrogens with one attached hydrogen (secondary N) is 1. The van der Waals surface area contributed by atoms with Crippen molar-refractivity contribution in [3.63, 3.8) is 0 Å². The van der Waals surface area contributed by atoms with Crippen LogP contribution in [0.2, 0.25) is 0 Å². The van der Waals surface area contributed by atoms with Gasteiger partial charge in [0, 0.05) is 18.2 Å². The Hall–Kier alpha value is -1.30. The summed E-state index contributed by atoms with van der Waals surface area (Å²) in [7, 11) is 3.25. The second-order valence-corrected chi connectivity index (χ2v) is 4.74. The second-order valence-electron chi connectivity index (χ2n) is 4.74. The highest BCUT2D eigenvalue weighted by molar-refractivity contribution is 5.43. The van der Waals surface area contributed by atoms with E-state index in [1.807, 2.05) is 39.0 Å². The van der Waals surface area contributed by atoms with Crippen molar-refractivity contribution in [3.05, 3.63) is 23.8 Å². The number of hydrogen-bond donors (Lipinski definition) is 2. The Labute approximate surface area is 115 Å². The van der Waals surface area contributed by atoms with Crippen molar-refractivity contribution in [1.29, 1.82) is 0 Å². The zero-order chi connectivity index (χ0) is 14.5. The van der Waals surface area contributed by atoms with Gasteiger partial charge in [0.2, 0.25) is 0 Å². The average Bonchev–Trinajstić information content (AvgIpc) is 2.39. The molecular formula is C14H24N2O3. The summed E-state index contributed by atoms with van der Waals surface area (Å²) in [5.74, 6) is 7.16. The third kappa shape index (κ3) is 3.59. The summed E-state index contributed by atoms with van der Waals surface area (Å²) in [6, 6.07) is 5.46. The Bertz CT molecular complexity index is 408. The molecule has 108 valence electrons. The van der Waals surface area contributed by atoms with Crippen LogP contribution in [-0.4, -0.2) is 26.4 Å². The third-order valence-corrected chi connectivity index (χ3v) is 3.13. The van der Waals surface area contributed by atoms with Gasteiger partial charge in [-0.15, -0.1) is 0 Å². The van der Waals surface area contributed by atoms with Gasteiger partial charge in [-0.1, -0.05) is 0 Å². The van der Waals surface area contributed by atoms with Crippen LogP contribution in [0.15, 0.2) is 18.2 Å². The monoisotopic (exact) mass is 268 g/mol. The lowest BCUT2D eigenvalue weighted by Crippen LogP contribution is -2.44. The van der Waals surface area contributed by atoms with E-state index in [4.69, 9.17) is 20.1 Å². The summed E-state index contributed by atoms with van der Waals surface area (Å²) in [6.07, 6.45) is 0. The van der Waals surface area contributed by atoms with Gasteiger partial charge >= 0.3 is 0 Å². The quantitative estimate of drug-likeness (QED) is 0.585. The highest BCUT2D eigenvalue weighted by Crippen LogP contribution is 2.36. The number of hydrogen-bond acceptors (Lipinski definition) is 5. The van der Waals surface area contributed by atoms with Crippen LogP contribution in [0.1, 0.15) is 32.4 Å². The predicted octanol–water partition coefficient (Wildman–Crippen LogP) is 2.02. The fraction of sp³-hybridized carbons (Fsp3) is 0.571. The van der Waals surface area contributed by atoms with Crippen molar-refractivity contribution < 1.29 is 14.2 Å². The molecule has 0 radical (unpaired) electrons. The molecule has 0 aliphatic rings. The van der Waals surface area contributed by atoms with Crippen molar-refractivity contribution >= 4 is 0 Å². The molecule has 1 unspecified atom stereocenters. The molecule has 0 aromatic heterocycles. The molecule has 19 heavy (non-hydrogen) atoms. The molecule has 1 aromatic rings. The summed E-state index contributed by atoms with van der Waals surface area (Å²) in [5, 5.41) is 0. The van der Waals surface area contributed by atoms with Crippen LogP contribution in [0.3, 0.4) is 0 Å². The fourth-order valence-corrected chi connectivity index (χ4v) is 2.18. The Balaban J connectivity index is 3.17. The molecule has 0 heterocycles. The SMILES string of the molecule is CCOC(C)(C)C(NN)c1ccc(OC)cc1OC. The lowest BCUT2D eigenvalue weighted by atomic mass is 9.91. The minimum Gasteiger partial charge on any atom is -0.497 e. The first-order valence-corrected chi connectivity index (χ1v) is 6.32. The maximum atomic E-state index is 5.76. The van der Waals surface area contributed by atoms with E-state index < -0.39 is 5.60 Å². The highest BCUT2D eigenvalue weighted by Gasteiger charge is 2.32. The van der Waals surface area contributed by atoms with Gasteiger partial charge in [-0.2, -0.15) is 0 Å². The van der Waals surface area contributed by atoms with Gasteiger partial charge in [-0.25, -0.2) is 5.43 Å². The molecule has 0 amide bonds. The number of ether oxygens (including phenoxy) is 3. The van der Waals surface area contributed by atoms with Crippen molar-refractivity contribution in [2.45, 2.75) is 32.4 Å². The first-order valence-electron chi connectivity index (χ1n) is 6.32. The van der Waals surface area contributed by atoms with Crippen LogP contribution >= 0.6 is 0 Å². The zero-order valence-electron chi connectivity index (χ0n) is 12.3. The molecule has 1 rings (SSSR count). The molecule has 5 nitrogen and oxygen atoms in total. The molecular weight excluding hydrogens is 244 g/mol. The molecule has 3 N–H and O–H groups in total. The summed E-state index contributed by atoms with van der Waals surface area (Å²) in [4.78, 5) is 0. The zero-order valence-corrected chi connectivity index (χ0v) is 12.3. The van der Waals surface area contributed by atoms with Crippen molar-refractivity contribution in [3.8, 4) is 11.5 Å². The molecule has 1 atom stereocenters. The number of hydrazine groups is 1. The van der Waals surface area contributed by atoms with E-state index in [2.05, 4.69) is 5.43 Å². The average molecular weight is 268 g/mol. The number of benzene rings is 1. The maximum absolute atomic E-state index is 5.76. The van der Waals surface area contributed by atoms with Crippen LogP contribution in [0.25, 0.3) is 0 Å². The molecule has 5 heteroatoms. The molecule has 1 aromatic carbocycles.